The van der Waals surface area contributed by atoms with Crippen molar-refractivity contribution < 1.29 is 9.53 Å². The zero-order valence-corrected chi connectivity index (χ0v) is 6.85. The Bertz CT molecular complexity index is 110. The molecule has 0 saturated carbocycles. The highest BCUT2D eigenvalue weighted by Crippen LogP contribution is 1.87. The van der Waals surface area contributed by atoms with Crippen LogP contribution in [0, 0.1) is 0 Å². The molecule has 0 unspecified atom stereocenters. The maximum absolute atomic E-state index is 10.4. The Morgan fingerprint density at radius 2 is 2.44 bits per heavy atom. The van der Waals surface area contributed by atoms with Crippen LogP contribution in [-0.2, 0) is 9.53 Å². The first-order valence-corrected chi connectivity index (χ1v) is 3.83. The third-order valence-corrected chi connectivity index (χ3v) is 1.10. The number of esters is 1. The van der Waals surface area contributed by atoms with Crippen molar-refractivity contribution in [3.8, 4) is 0 Å². The summed E-state index contributed by atoms with van der Waals surface area (Å²) in [6.45, 7) is 1.97. The van der Waals surface area contributed by atoms with Crippen LogP contribution in [-0.4, -0.2) is 11.3 Å². The van der Waals surface area contributed by atoms with Gasteiger partial charge in [-0.05, 0) is 12.5 Å². The van der Waals surface area contributed by atoms with Crippen LogP contribution in [0.3, 0.4) is 0 Å². The number of carbonyl (C=O) groups excluding carboxylic acids is 1. The van der Waals surface area contributed by atoms with Crippen LogP contribution in [0.1, 0.15) is 13.3 Å². The van der Waals surface area contributed by atoms with Crippen LogP contribution in [0.25, 0.3) is 0 Å². The lowest BCUT2D eigenvalue weighted by atomic mass is 10.5. The molecular formula is C6H9BrO2. The van der Waals surface area contributed by atoms with Gasteiger partial charge in [0.25, 0.3) is 0 Å². The summed E-state index contributed by atoms with van der Waals surface area (Å²) in [5, 5.41) is 0.251. The van der Waals surface area contributed by atoms with Gasteiger partial charge in [-0.25, -0.2) is 0 Å². The minimum absolute atomic E-state index is 0.251. The Kier molecular flexibility index (Phi) is 5.62. The Labute approximate surface area is 63.0 Å². The number of hydrogen-bond donors (Lipinski definition) is 0. The first-order valence-electron chi connectivity index (χ1n) is 2.71. The molecule has 0 N–H and O–H groups in total. The molecule has 0 aliphatic carbocycles. The number of hydrogen-bond acceptors (Lipinski definition) is 2. The van der Waals surface area contributed by atoms with Crippen molar-refractivity contribution in [2.75, 3.05) is 5.33 Å². The normalized spacial score (nSPS) is 10.0. The zero-order valence-electron chi connectivity index (χ0n) is 5.26. The van der Waals surface area contributed by atoms with Gasteiger partial charge in [-0.15, -0.1) is 0 Å². The average molecular weight is 193 g/mol. The van der Waals surface area contributed by atoms with Crippen LogP contribution in [0.15, 0.2) is 12.3 Å². The van der Waals surface area contributed by atoms with Crippen molar-refractivity contribution in [1.29, 1.82) is 0 Å². The van der Waals surface area contributed by atoms with Gasteiger partial charge in [0.05, 0.1) is 6.26 Å². The van der Waals surface area contributed by atoms with Gasteiger partial charge in [0.15, 0.2) is 0 Å². The average Bonchev–Trinajstić information content (AvgIpc) is 1.89. The minimum Gasteiger partial charge on any atom is -0.434 e. The molecule has 0 atom stereocenters. The number of allylic oxidation sites excluding steroid dienone is 1. The van der Waals surface area contributed by atoms with Gasteiger partial charge in [0.1, 0.15) is 5.33 Å². The Balaban J connectivity index is 3.26. The molecule has 0 fully saturated rings. The zero-order chi connectivity index (χ0) is 7.11. The second kappa shape index (κ2) is 5.82. The SMILES string of the molecule is CCC=COC(=O)CBr. The fourth-order valence-corrected chi connectivity index (χ4v) is 0.384. The lowest BCUT2D eigenvalue weighted by Gasteiger charge is -1.90. The van der Waals surface area contributed by atoms with Crippen molar-refractivity contribution >= 4 is 21.9 Å². The van der Waals surface area contributed by atoms with Crippen LogP contribution in [0.5, 0.6) is 0 Å². The van der Waals surface area contributed by atoms with E-state index in [0.717, 1.165) is 6.42 Å². The largest absolute Gasteiger partial charge is 0.434 e. The van der Waals surface area contributed by atoms with Crippen molar-refractivity contribution in [3.05, 3.63) is 12.3 Å². The molecule has 9 heavy (non-hydrogen) atoms. The predicted octanol–water partition coefficient (Wildman–Crippen LogP) is 1.85. The van der Waals surface area contributed by atoms with E-state index in [4.69, 9.17) is 0 Å². The molecular weight excluding hydrogens is 184 g/mol. The summed E-state index contributed by atoms with van der Waals surface area (Å²) in [5.41, 5.74) is 0. The molecule has 52 valence electrons. The fraction of sp³-hybridized carbons (Fsp3) is 0.500. The van der Waals surface area contributed by atoms with Gasteiger partial charge in [-0.3, -0.25) is 4.79 Å². The molecule has 0 bridgehead atoms. The molecule has 0 aromatic carbocycles. The molecule has 0 heterocycles. The van der Waals surface area contributed by atoms with E-state index in [0.29, 0.717) is 0 Å². The Morgan fingerprint density at radius 3 is 2.89 bits per heavy atom. The molecule has 0 radical (unpaired) electrons. The molecule has 0 aliphatic heterocycles. The van der Waals surface area contributed by atoms with E-state index in [1.807, 2.05) is 6.92 Å². The van der Waals surface area contributed by atoms with Crippen molar-refractivity contribution in [1.82, 2.24) is 0 Å². The molecule has 0 aromatic rings. The van der Waals surface area contributed by atoms with Gasteiger partial charge < -0.3 is 4.74 Å². The van der Waals surface area contributed by atoms with Gasteiger partial charge in [0, 0.05) is 0 Å². The first kappa shape index (κ1) is 8.69. The third kappa shape index (κ3) is 5.56. The van der Waals surface area contributed by atoms with Gasteiger partial charge in [0.2, 0.25) is 0 Å². The lowest BCUT2D eigenvalue weighted by Crippen LogP contribution is -1.98. The van der Waals surface area contributed by atoms with Gasteiger partial charge in [-0.2, -0.15) is 0 Å². The second-order valence-corrected chi connectivity index (χ2v) is 1.96. The summed E-state index contributed by atoms with van der Waals surface area (Å²) in [6.07, 6.45) is 4.07. The molecule has 3 heteroatoms. The molecule has 0 saturated heterocycles. The standard InChI is InChI=1S/C6H9BrO2/c1-2-3-4-9-6(8)5-7/h3-4H,2,5H2,1H3. The van der Waals surface area contributed by atoms with E-state index in [2.05, 4.69) is 20.7 Å². The van der Waals surface area contributed by atoms with E-state index in [-0.39, 0.29) is 11.3 Å². The lowest BCUT2D eigenvalue weighted by molar-refractivity contribution is -0.134. The van der Waals surface area contributed by atoms with Crippen LogP contribution in [0.4, 0.5) is 0 Å². The van der Waals surface area contributed by atoms with Crippen molar-refractivity contribution in [2.45, 2.75) is 13.3 Å². The fourth-order valence-electron chi connectivity index (χ4n) is 0.252. The number of carbonyl (C=O) groups is 1. The smallest absolute Gasteiger partial charge is 0.321 e. The summed E-state index contributed by atoms with van der Waals surface area (Å²) < 4.78 is 4.57. The predicted molar refractivity (Wildman–Crippen MR) is 39.3 cm³/mol. The van der Waals surface area contributed by atoms with E-state index < -0.39 is 0 Å². The summed E-state index contributed by atoms with van der Waals surface area (Å²) >= 11 is 2.96. The van der Waals surface area contributed by atoms with Gasteiger partial charge in [-0.1, -0.05) is 22.9 Å². The van der Waals surface area contributed by atoms with E-state index in [9.17, 15) is 4.79 Å². The van der Waals surface area contributed by atoms with Crippen LogP contribution in [0.2, 0.25) is 0 Å². The van der Waals surface area contributed by atoms with E-state index in [1.54, 1.807) is 6.08 Å². The summed E-state index contributed by atoms with van der Waals surface area (Å²) in [5.74, 6) is -0.264. The van der Waals surface area contributed by atoms with E-state index >= 15 is 0 Å². The molecule has 0 rings (SSSR count). The topological polar surface area (TPSA) is 26.3 Å². The number of alkyl halides is 1. The molecule has 0 aliphatic rings. The minimum atomic E-state index is -0.264. The maximum atomic E-state index is 10.4. The summed E-state index contributed by atoms with van der Waals surface area (Å²) in [4.78, 5) is 10.4. The van der Waals surface area contributed by atoms with Crippen LogP contribution < -0.4 is 0 Å². The first-order chi connectivity index (χ1) is 4.31. The highest BCUT2D eigenvalue weighted by molar-refractivity contribution is 9.09. The summed E-state index contributed by atoms with van der Waals surface area (Å²) in [7, 11) is 0. The van der Waals surface area contributed by atoms with Crippen molar-refractivity contribution in [3.63, 3.8) is 0 Å². The number of halogens is 1. The maximum Gasteiger partial charge on any atom is 0.321 e. The quantitative estimate of drug-likeness (QED) is 0.388. The highest BCUT2D eigenvalue weighted by atomic mass is 79.9. The second-order valence-electron chi connectivity index (χ2n) is 1.40. The highest BCUT2D eigenvalue weighted by Gasteiger charge is 1.92. The molecule has 0 aromatic heterocycles. The summed E-state index contributed by atoms with van der Waals surface area (Å²) in [6, 6.07) is 0. The third-order valence-electron chi connectivity index (χ3n) is 0.641. The number of ether oxygens (including phenoxy) is 1. The molecule has 0 spiro atoms. The van der Waals surface area contributed by atoms with Crippen LogP contribution >= 0.6 is 15.9 Å². The van der Waals surface area contributed by atoms with Crippen molar-refractivity contribution in [2.24, 2.45) is 0 Å². The number of rotatable bonds is 3. The monoisotopic (exact) mass is 192 g/mol. The van der Waals surface area contributed by atoms with E-state index in [1.165, 1.54) is 6.26 Å². The molecule has 0 amide bonds. The Hall–Kier alpha value is -0.310. The van der Waals surface area contributed by atoms with Gasteiger partial charge >= 0.3 is 5.97 Å². The molecule has 2 nitrogen and oxygen atoms in total. The Morgan fingerprint density at radius 1 is 1.78 bits per heavy atom.